The summed E-state index contributed by atoms with van der Waals surface area (Å²) in [7, 11) is -1.40. The molecule has 0 heterocycles. The van der Waals surface area contributed by atoms with Crippen LogP contribution in [0.5, 0.6) is 0 Å². The van der Waals surface area contributed by atoms with Gasteiger partial charge < -0.3 is 0 Å². The number of thioether (sulfide) groups is 2. The number of thiol groups is 2. The molecule has 3 atom stereocenters. The lowest BCUT2D eigenvalue weighted by Crippen LogP contribution is -2.20. The molecule has 0 fully saturated rings. The lowest BCUT2D eigenvalue weighted by atomic mass is 10.0. The van der Waals surface area contributed by atoms with E-state index in [1.54, 1.807) is 0 Å². The average molecular weight is 653 g/mol. The fourth-order valence-electron chi connectivity index (χ4n) is 5.34. The van der Waals surface area contributed by atoms with E-state index in [4.69, 9.17) is 0 Å². The fourth-order valence-corrected chi connectivity index (χ4v) is 17.1. The summed E-state index contributed by atoms with van der Waals surface area (Å²) in [6.07, 6.45) is 25.4. The summed E-state index contributed by atoms with van der Waals surface area (Å²) in [5.41, 5.74) is 0. The second-order valence-electron chi connectivity index (χ2n) is 12.0. The third-order valence-electron chi connectivity index (χ3n) is 8.14. The molecule has 0 aliphatic rings. The van der Waals surface area contributed by atoms with Crippen LogP contribution in [0.15, 0.2) is 0 Å². The first-order valence-corrected chi connectivity index (χ1v) is 26.6. The molecular weight excluding hydrogens is 585 g/mol. The summed E-state index contributed by atoms with van der Waals surface area (Å²) in [4.78, 5) is 0. The van der Waals surface area contributed by atoms with Crippen molar-refractivity contribution >= 4 is 78.9 Å². The largest absolute Gasteiger partial charge is 0.244 e. The van der Waals surface area contributed by atoms with E-state index in [1.165, 1.54) is 121 Å². The topological polar surface area (TPSA) is 0 Å². The third-order valence-corrected chi connectivity index (χ3v) is 21.6. The quantitative estimate of drug-likeness (QED) is 0.0670. The zero-order valence-electron chi connectivity index (χ0n) is 26.1. The summed E-state index contributed by atoms with van der Waals surface area (Å²) in [6.45, 7) is 4.83. The van der Waals surface area contributed by atoms with Gasteiger partial charge in [-0.15, -0.1) is 0 Å². The van der Waals surface area contributed by atoms with Gasteiger partial charge in [-0.3, -0.25) is 0 Å². The second kappa shape index (κ2) is 24.0. The van der Waals surface area contributed by atoms with Crippen LogP contribution in [-0.4, -0.2) is 106 Å². The standard InChI is InChI=1S/C30H68S7/c1-8-30(2)16-9-21-35(5,26-14-28-36(6,22-10-17-31)24-12-19-33-3)27-15-29-37(7,23-11-18-32)25-13-20-34-4/h30-32H,8-29H2,1-7H3. The summed E-state index contributed by atoms with van der Waals surface area (Å²) in [6, 6.07) is 0. The summed E-state index contributed by atoms with van der Waals surface area (Å²) in [5.74, 6) is 19.2. The zero-order chi connectivity index (χ0) is 28.0. The lowest BCUT2D eigenvalue weighted by molar-refractivity contribution is 0.510. The molecule has 0 amide bonds. The number of hydrogen-bond acceptors (Lipinski definition) is 4. The smallest absolute Gasteiger partial charge is 0.00630 e. The molecule has 230 valence electrons. The molecule has 0 spiro atoms. The highest BCUT2D eigenvalue weighted by Crippen LogP contribution is 2.52. The monoisotopic (exact) mass is 652 g/mol. The molecule has 0 rings (SSSR count). The minimum absolute atomic E-state index is 0.455. The van der Waals surface area contributed by atoms with E-state index in [2.05, 4.69) is 70.4 Å². The Kier molecular flexibility index (Phi) is 25.5. The van der Waals surface area contributed by atoms with Gasteiger partial charge in [0.25, 0.3) is 0 Å². The van der Waals surface area contributed by atoms with Gasteiger partial charge >= 0.3 is 0 Å². The normalized spacial score (nSPS) is 20.4. The van der Waals surface area contributed by atoms with E-state index in [0.717, 1.165) is 17.4 Å². The predicted molar refractivity (Wildman–Crippen MR) is 205 cm³/mol. The Hall–Kier alpha value is 2.45. The van der Waals surface area contributed by atoms with Crippen LogP contribution >= 0.6 is 78.9 Å². The van der Waals surface area contributed by atoms with Crippen LogP contribution in [0.2, 0.25) is 0 Å². The highest BCUT2D eigenvalue weighted by molar-refractivity contribution is 8.34. The molecule has 3 unspecified atom stereocenters. The molecule has 0 N–H and O–H groups in total. The first kappa shape index (κ1) is 39.5. The van der Waals surface area contributed by atoms with Gasteiger partial charge in [0.2, 0.25) is 0 Å². The molecule has 0 saturated carbocycles. The Bertz CT molecular complexity index is 484. The third kappa shape index (κ3) is 20.9. The van der Waals surface area contributed by atoms with Gasteiger partial charge in [-0.1, -0.05) is 20.3 Å². The zero-order valence-corrected chi connectivity index (χ0v) is 31.9. The van der Waals surface area contributed by atoms with Crippen molar-refractivity contribution < 1.29 is 0 Å². The highest BCUT2D eigenvalue weighted by Gasteiger charge is 2.24. The van der Waals surface area contributed by atoms with Crippen molar-refractivity contribution in [2.45, 2.75) is 71.6 Å². The van der Waals surface area contributed by atoms with Crippen molar-refractivity contribution in [2.75, 3.05) is 106 Å². The van der Waals surface area contributed by atoms with E-state index in [0.29, 0.717) is 0 Å². The van der Waals surface area contributed by atoms with Crippen molar-refractivity contribution in [1.29, 1.82) is 0 Å². The molecule has 0 aromatic carbocycles. The van der Waals surface area contributed by atoms with E-state index < -0.39 is 30.1 Å². The van der Waals surface area contributed by atoms with Crippen molar-refractivity contribution in [1.82, 2.24) is 0 Å². The fraction of sp³-hybridized carbons (Fsp3) is 1.00. The molecule has 0 aromatic heterocycles. The molecule has 0 aliphatic carbocycles. The Balaban J connectivity index is 5.15. The molecule has 37 heavy (non-hydrogen) atoms. The van der Waals surface area contributed by atoms with Gasteiger partial charge in [-0.25, -0.2) is 30.1 Å². The highest BCUT2D eigenvalue weighted by atomic mass is 32.3. The van der Waals surface area contributed by atoms with Crippen LogP contribution in [0.1, 0.15) is 71.6 Å². The van der Waals surface area contributed by atoms with Crippen molar-refractivity contribution in [3.63, 3.8) is 0 Å². The van der Waals surface area contributed by atoms with Crippen LogP contribution in [0.4, 0.5) is 0 Å². The Morgan fingerprint density at radius 1 is 0.541 bits per heavy atom. The predicted octanol–water partition coefficient (Wildman–Crippen LogP) is 10.0. The molecule has 0 saturated heterocycles. The molecule has 0 bridgehead atoms. The van der Waals surface area contributed by atoms with Gasteiger partial charge in [0.1, 0.15) is 0 Å². The van der Waals surface area contributed by atoms with Gasteiger partial charge in [-0.2, -0.15) is 48.8 Å². The summed E-state index contributed by atoms with van der Waals surface area (Å²) >= 11 is 13.2. The van der Waals surface area contributed by atoms with Crippen LogP contribution in [0.3, 0.4) is 0 Å². The minimum Gasteiger partial charge on any atom is -0.244 e. The van der Waals surface area contributed by atoms with E-state index in [1.807, 2.05) is 23.5 Å². The molecule has 0 radical (unpaired) electrons. The molecular formula is C30H68S7. The first-order valence-electron chi connectivity index (χ1n) is 15.0. The van der Waals surface area contributed by atoms with Crippen LogP contribution in [0.25, 0.3) is 0 Å². The molecule has 0 nitrogen and oxygen atoms in total. The first-order chi connectivity index (χ1) is 17.6. The Labute approximate surface area is 260 Å². The van der Waals surface area contributed by atoms with Gasteiger partial charge in [0.15, 0.2) is 0 Å². The average Bonchev–Trinajstić information content (AvgIpc) is 2.86. The Morgan fingerprint density at radius 3 is 1.19 bits per heavy atom. The van der Waals surface area contributed by atoms with Crippen LogP contribution in [-0.2, 0) is 0 Å². The SMILES string of the molecule is CCC(C)CCCS(C)(CCCS(C)(CCCS)CCCSC)CCCS(C)(CCCS)CCCSC. The molecule has 0 aliphatic heterocycles. The number of rotatable bonds is 27. The maximum atomic E-state index is 4.56. The van der Waals surface area contributed by atoms with Gasteiger partial charge in [0.05, 0.1) is 0 Å². The maximum Gasteiger partial charge on any atom is -0.00630 e. The van der Waals surface area contributed by atoms with E-state index >= 15 is 0 Å². The van der Waals surface area contributed by atoms with Crippen molar-refractivity contribution in [3.8, 4) is 0 Å². The van der Waals surface area contributed by atoms with Gasteiger partial charge in [0, 0.05) is 0 Å². The van der Waals surface area contributed by atoms with E-state index in [-0.39, 0.29) is 0 Å². The summed E-state index contributed by atoms with van der Waals surface area (Å²) in [5, 5.41) is 0. The van der Waals surface area contributed by atoms with Crippen LogP contribution < -0.4 is 0 Å². The maximum absolute atomic E-state index is 4.56. The second-order valence-corrected chi connectivity index (χ2v) is 27.4. The van der Waals surface area contributed by atoms with Crippen LogP contribution in [0, 0.1) is 5.92 Å². The van der Waals surface area contributed by atoms with E-state index in [9.17, 15) is 0 Å². The lowest BCUT2D eigenvalue weighted by Gasteiger charge is -2.42. The summed E-state index contributed by atoms with van der Waals surface area (Å²) < 4.78 is 0. The molecule has 0 aromatic rings. The molecule has 7 heteroatoms. The minimum atomic E-state index is -0.491. The Morgan fingerprint density at radius 2 is 0.865 bits per heavy atom. The number of hydrogen-bond donors (Lipinski definition) is 2. The van der Waals surface area contributed by atoms with Gasteiger partial charge in [-0.05, 0) is 163 Å². The van der Waals surface area contributed by atoms with Crippen molar-refractivity contribution in [2.24, 2.45) is 5.92 Å². The van der Waals surface area contributed by atoms with Crippen molar-refractivity contribution in [3.05, 3.63) is 0 Å².